The van der Waals surface area contributed by atoms with Gasteiger partial charge in [0.25, 0.3) is 5.91 Å². The lowest BCUT2D eigenvalue weighted by molar-refractivity contribution is 0.0884. The van der Waals surface area contributed by atoms with Gasteiger partial charge in [0.2, 0.25) is 0 Å². The van der Waals surface area contributed by atoms with Crippen molar-refractivity contribution in [2.24, 2.45) is 0 Å². The summed E-state index contributed by atoms with van der Waals surface area (Å²) in [5, 5.41) is 3.18. The van der Waals surface area contributed by atoms with E-state index in [0.29, 0.717) is 5.88 Å². The van der Waals surface area contributed by atoms with Crippen molar-refractivity contribution in [3.8, 4) is 0 Å². The Balaban J connectivity index is 2.15. The molecule has 0 atom stereocenters. The van der Waals surface area contributed by atoms with Crippen LogP contribution in [0.15, 0.2) is 18.2 Å². The number of hydrogen-bond acceptors (Lipinski definition) is 1. The van der Waals surface area contributed by atoms with Crippen molar-refractivity contribution in [2.75, 3.05) is 5.88 Å². The van der Waals surface area contributed by atoms with E-state index < -0.39 is 0 Å². The fraction of sp³-hybridized carbons (Fsp3) is 0.562. The van der Waals surface area contributed by atoms with Gasteiger partial charge in [-0.25, -0.2) is 0 Å². The molecule has 1 aromatic rings. The second kappa shape index (κ2) is 5.96. The molecule has 0 saturated heterocycles. The van der Waals surface area contributed by atoms with Crippen LogP contribution in [0.4, 0.5) is 0 Å². The molecule has 0 aromatic heterocycles. The summed E-state index contributed by atoms with van der Waals surface area (Å²) in [5.41, 5.74) is 2.78. The van der Waals surface area contributed by atoms with Crippen LogP contribution >= 0.6 is 11.6 Å². The second-order valence-electron chi connectivity index (χ2n) is 5.81. The summed E-state index contributed by atoms with van der Waals surface area (Å²) in [4.78, 5) is 12.4. The second-order valence-corrected chi connectivity index (χ2v) is 6.07. The summed E-state index contributed by atoms with van der Waals surface area (Å²) in [7, 11) is 0. The standard InChI is InChI=1S/C16H22ClNO/c1-12-8-13(2)10-14(9-12)15(19)18-16(11-17)6-4-3-5-7-16/h8-10H,3-7,11H2,1-2H3,(H,18,19). The predicted molar refractivity (Wildman–Crippen MR) is 79.9 cm³/mol. The maximum atomic E-state index is 12.4. The molecule has 1 amide bonds. The number of carbonyl (C=O) groups excluding carboxylic acids is 1. The van der Waals surface area contributed by atoms with Crippen LogP contribution in [0, 0.1) is 13.8 Å². The van der Waals surface area contributed by atoms with Crippen LogP contribution in [0.3, 0.4) is 0 Å². The van der Waals surface area contributed by atoms with E-state index in [1.165, 1.54) is 6.42 Å². The number of rotatable bonds is 3. The maximum absolute atomic E-state index is 12.4. The molecule has 104 valence electrons. The topological polar surface area (TPSA) is 29.1 Å². The Morgan fingerprint density at radius 1 is 1.16 bits per heavy atom. The molecule has 0 bridgehead atoms. The first-order valence-corrected chi connectivity index (χ1v) is 7.55. The van der Waals surface area contributed by atoms with Crippen LogP contribution in [0.5, 0.6) is 0 Å². The molecular formula is C16H22ClNO. The molecule has 1 aromatic carbocycles. The van der Waals surface area contributed by atoms with Gasteiger partial charge < -0.3 is 5.32 Å². The minimum atomic E-state index is -0.200. The molecule has 1 aliphatic rings. The fourth-order valence-electron chi connectivity index (χ4n) is 2.94. The van der Waals surface area contributed by atoms with E-state index in [9.17, 15) is 4.79 Å². The van der Waals surface area contributed by atoms with E-state index in [0.717, 1.165) is 42.4 Å². The third-order valence-corrected chi connectivity index (χ3v) is 4.44. The molecule has 0 radical (unpaired) electrons. The Labute approximate surface area is 120 Å². The third-order valence-electron chi connectivity index (χ3n) is 3.93. The molecule has 1 N–H and O–H groups in total. The van der Waals surface area contributed by atoms with Crippen molar-refractivity contribution >= 4 is 17.5 Å². The molecule has 2 nitrogen and oxygen atoms in total. The van der Waals surface area contributed by atoms with Gasteiger partial charge in [-0.2, -0.15) is 0 Å². The molecule has 3 heteroatoms. The normalized spacial score (nSPS) is 18.1. The van der Waals surface area contributed by atoms with Crippen LogP contribution in [-0.2, 0) is 0 Å². The van der Waals surface area contributed by atoms with Crippen molar-refractivity contribution in [1.82, 2.24) is 5.32 Å². The quantitative estimate of drug-likeness (QED) is 0.833. The first kappa shape index (κ1) is 14.4. The molecule has 0 aliphatic heterocycles. The Bertz CT molecular complexity index is 444. The van der Waals surface area contributed by atoms with Crippen LogP contribution in [0.25, 0.3) is 0 Å². The van der Waals surface area contributed by atoms with E-state index >= 15 is 0 Å². The van der Waals surface area contributed by atoms with E-state index in [4.69, 9.17) is 11.6 Å². The van der Waals surface area contributed by atoms with Gasteiger partial charge in [-0.05, 0) is 38.8 Å². The van der Waals surface area contributed by atoms with Crippen molar-refractivity contribution in [2.45, 2.75) is 51.5 Å². The molecule has 1 saturated carbocycles. The number of hydrogen-bond donors (Lipinski definition) is 1. The number of benzene rings is 1. The summed E-state index contributed by atoms with van der Waals surface area (Å²) >= 11 is 6.12. The fourth-order valence-corrected chi connectivity index (χ4v) is 3.27. The van der Waals surface area contributed by atoms with Crippen molar-refractivity contribution in [3.05, 3.63) is 34.9 Å². The molecule has 1 fully saturated rings. The lowest BCUT2D eigenvalue weighted by Crippen LogP contribution is -2.51. The van der Waals surface area contributed by atoms with E-state index in [1.807, 2.05) is 26.0 Å². The highest BCUT2D eigenvalue weighted by Gasteiger charge is 2.32. The average Bonchev–Trinajstić information content (AvgIpc) is 2.38. The summed E-state index contributed by atoms with van der Waals surface area (Å²) in [6.45, 7) is 4.03. The molecule has 0 spiro atoms. The molecule has 0 heterocycles. The number of carbonyl (C=O) groups is 1. The largest absolute Gasteiger partial charge is 0.345 e. The van der Waals surface area contributed by atoms with E-state index in [1.54, 1.807) is 0 Å². The predicted octanol–water partition coefficient (Wildman–Crippen LogP) is 3.97. The summed E-state index contributed by atoms with van der Waals surface area (Å²) < 4.78 is 0. The highest BCUT2D eigenvalue weighted by molar-refractivity contribution is 6.19. The van der Waals surface area contributed by atoms with Crippen LogP contribution in [0.1, 0.15) is 53.6 Å². The van der Waals surface area contributed by atoms with Gasteiger partial charge in [-0.3, -0.25) is 4.79 Å². The molecule has 2 rings (SSSR count). The van der Waals surface area contributed by atoms with Gasteiger partial charge in [-0.1, -0.05) is 36.5 Å². The third kappa shape index (κ3) is 3.50. The minimum Gasteiger partial charge on any atom is -0.345 e. The number of halogens is 1. The Kier molecular flexibility index (Phi) is 4.51. The van der Waals surface area contributed by atoms with Gasteiger partial charge in [0.15, 0.2) is 0 Å². The first-order chi connectivity index (χ1) is 9.04. The first-order valence-electron chi connectivity index (χ1n) is 7.01. The average molecular weight is 280 g/mol. The van der Waals surface area contributed by atoms with E-state index in [2.05, 4.69) is 11.4 Å². The smallest absolute Gasteiger partial charge is 0.251 e. The van der Waals surface area contributed by atoms with E-state index in [-0.39, 0.29) is 11.4 Å². The van der Waals surface area contributed by atoms with Gasteiger partial charge in [-0.15, -0.1) is 11.6 Å². The van der Waals surface area contributed by atoms with Gasteiger partial charge in [0.1, 0.15) is 0 Å². The molecule has 0 unspecified atom stereocenters. The zero-order valence-corrected chi connectivity index (χ0v) is 12.5. The SMILES string of the molecule is Cc1cc(C)cc(C(=O)NC2(CCl)CCCCC2)c1. The lowest BCUT2D eigenvalue weighted by atomic mass is 9.83. The number of aryl methyl sites for hydroxylation is 2. The van der Waals surface area contributed by atoms with Crippen LogP contribution < -0.4 is 5.32 Å². The van der Waals surface area contributed by atoms with Crippen LogP contribution in [-0.4, -0.2) is 17.3 Å². The minimum absolute atomic E-state index is 0.00866. The van der Waals surface area contributed by atoms with Crippen molar-refractivity contribution in [1.29, 1.82) is 0 Å². The molecular weight excluding hydrogens is 258 g/mol. The monoisotopic (exact) mass is 279 g/mol. The van der Waals surface area contributed by atoms with Gasteiger partial charge in [0.05, 0.1) is 5.54 Å². The Hall–Kier alpha value is -1.02. The molecule has 1 aliphatic carbocycles. The Morgan fingerprint density at radius 2 is 1.74 bits per heavy atom. The highest BCUT2D eigenvalue weighted by atomic mass is 35.5. The maximum Gasteiger partial charge on any atom is 0.251 e. The highest BCUT2D eigenvalue weighted by Crippen LogP contribution is 2.29. The summed E-state index contributed by atoms with van der Waals surface area (Å²) in [5.74, 6) is 0.512. The van der Waals surface area contributed by atoms with Crippen molar-refractivity contribution in [3.63, 3.8) is 0 Å². The Morgan fingerprint density at radius 3 is 2.26 bits per heavy atom. The summed E-state index contributed by atoms with van der Waals surface area (Å²) in [6.07, 6.45) is 5.54. The van der Waals surface area contributed by atoms with Crippen molar-refractivity contribution < 1.29 is 4.79 Å². The molecule has 19 heavy (non-hydrogen) atoms. The number of nitrogens with one attached hydrogen (secondary N) is 1. The number of alkyl halides is 1. The zero-order chi connectivity index (χ0) is 13.9. The van der Waals surface area contributed by atoms with Crippen LogP contribution in [0.2, 0.25) is 0 Å². The van der Waals surface area contributed by atoms with Gasteiger partial charge >= 0.3 is 0 Å². The summed E-state index contributed by atoms with van der Waals surface area (Å²) in [6, 6.07) is 5.95. The van der Waals surface area contributed by atoms with Gasteiger partial charge in [0, 0.05) is 11.4 Å². The number of amides is 1. The lowest BCUT2D eigenvalue weighted by Gasteiger charge is -2.36. The zero-order valence-electron chi connectivity index (χ0n) is 11.8.